The van der Waals surface area contributed by atoms with Crippen LogP contribution >= 0.6 is 45.1 Å². The van der Waals surface area contributed by atoms with Gasteiger partial charge in [0.25, 0.3) is 5.91 Å². The highest BCUT2D eigenvalue weighted by Gasteiger charge is 2.44. The average Bonchev–Trinajstić information content (AvgIpc) is 1.59. The molecule has 8 unspecified atom stereocenters. The summed E-state index contributed by atoms with van der Waals surface area (Å²) in [5, 5.41) is 42.7. The summed E-state index contributed by atoms with van der Waals surface area (Å²) in [7, 11) is -12.2. The number of aryl methyl sites for hydroxylation is 2. The van der Waals surface area contributed by atoms with E-state index in [1.807, 2.05) is 49.4 Å². The number of rotatable bonds is 44. The fraction of sp³-hybridized carbons (Fsp3) is 0.493. The predicted octanol–water partition coefficient (Wildman–Crippen LogP) is 9.12. The van der Waals surface area contributed by atoms with E-state index in [0.29, 0.717) is 73.6 Å². The number of Topliss-reactive ketones (excluding diaryl/α,β-unsaturated/α-hetero) is 2. The predicted molar refractivity (Wildman–Crippen MR) is 420 cm³/mol. The summed E-state index contributed by atoms with van der Waals surface area (Å²) in [6.45, 7) is 11.8. The van der Waals surface area contributed by atoms with Crippen LogP contribution in [0.1, 0.15) is 172 Å². The molecule has 3 aliphatic rings. The number of anilines is 1. The van der Waals surface area contributed by atoms with Gasteiger partial charge in [-0.2, -0.15) is 8.62 Å². The van der Waals surface area contributed by atoms with Crippen molar-refractivity contribution in [2.45, 2.75) is 174 Å². The van der Waals surface area contributed by atoms with Crippen LogP contribution < -0.4 is 27.0 Å². The van der Waals surface area contributed by atoms with Crippen LogP contribution in [0.2, 0.25) is 0 Å². The number of aromatic nitrogens is 3. The van der Waals surface area contributed by atoms with Crippen LogP contribution in [0.4, 0.5) is 5.82 Å². The second kappa shape index (κ2) is 42.0. The molecule has 2 aliphatic carbocycles. The first kappa shape index (κ1) is 89.0. The first-order valence-corrected chi connectivity index (χ1v) is 43.7. The standard InChI is InChI=1S/C75H99N10O21P3S2/c1-7-17-51-35-53-36-54-37-61(78-9-3)47(5)33-59(54)70(58(53)32-46(51)4)56-22-12-13-23-57(56)74(93)84(6)29-15-25-66(89)79-28-27-77-41-48-18-14-19-49(34-48)42-80-60(73(92)83-62(39-68(90)91)63(87)38-50(8-2)75(94)95)24-16-30-110-111-31-26-55(86)21-11-10-20-52-43-85(72-69(52)71(76)81-45-82-72)67-40-64(88)65(104-67)44-103-108(99,100)106-109(101,102)105-107(96,97)98/h12-14,18-19,22-23,32-35,37,43,45,50,59-60,62,64-65,67,70,77,80,88H,7-9,11,15-17,21,24-31,36,38-42,44H2,1-6H3,(H,79,89)(H,83,92)(H,90,91)(H,94,95)(H,99,100)(H,101,102)(H2,76,81,82)(H2,96,97,98)/t50?,59?,60?,62?,64?,65-,67-,70?/m1/s1. The highest BCUT2D eigenvalue weighted by Crippen LogP contribution is 2.66. The maximum atomic E-state index is 14.5. The molecule has 0 bridgehead atoms. The van der Waals surface area contributed by atoms with Crippen LogP contribution in [0.5, 0.6) is 0 Å². The summed E-state index contributed by atoms with van der Waals surface area (Å²) in [4.78, 5) is 144. The van der Waals surface area contributed by atoms with Crippen molar-refractivity contribution in [2.75, 3.05) is 57.1 Å². The summed E-state index contributed by atoms with van der Waals surface area (Å²) in [5.74, 6) is 1.67. The molecule has 1 saturated heterocycles. The molecular weight excluding hydrogens is 1530 g/mol. The molecule has 36 heteroatoms. The first-order chi connectivity index (χ1) is 52.8. The van der Waals surface area contributed by atoms with Crippen LogP contribution in [-0.2, 0) is 86.3 Å². The number of carbonyl (C=O) groups excluding carboxylic acids is 5. The van der Waals surface area contributed by atoms with Gasteiger partial charge in [0.15, 0.2) is 5.78 Å². The van der Waals surface area contributed by atoms with Crippen molar-refractivity contribution in [1.82, 2.24) is 40.7 Å². The molecule has 2 aromatic heterocycles. The summed E-state index contributed by atoms with van der Waals surface area (Å²) >= 11 is 0. The van der Waals surface area contributed by atoms with Crippen molar-refractivity contribution < 1.29 is 100 Å². The van der Waals surface area contributed by atoms with Gasteiger partial charge in [-0.15, -0.1) is 0 Å². The molecule has 10 atom stereocenters. The molecule has 602 valence electrons. The van der Waals surface area contributed by atoms with E-state index in [2.05, 4.69) is 107 Å². The van der Waals surface area contributed by atoms with Gasteiger partial charge in [0.2, 0.25) is 11.8 Å². The minimum absolute atomic E-state index is 0.0487. The molecule has 13 N–H and O–H groups in total. The minimum Gasteiger partial charge on any atom is -0.481 e. The van der Waals surface area contributed by atoms with Crippen molar-refractivity contribution >= 4 is 109 Å². The van der Waals surface area contributed by atoms with Crippen LogP contribution in [0.15, 0.2) is 101 Å². The zero-order valence-electron chi connectivity index (χ0n) is 62.8. The van der Waals surface area contributed by atoms with Crippen molar-refractivity contribution in [3.63, 3.8) is 0 Å². The van der Waals surface area contributed by atoms with E-state index in [1.165, 1.54) is 66.5 Å². The maximum absolute atomic E-state index is 14.5. The fourth-order valence-electron chi connectivity index (χ4n) is 13.5. The second-order valence-corrected chi connectivity index (χ2v) is 34.5. The number of allylic oxidation sites excluding steroid dienone is 4. The van der Waals surface area contributed by atoms with Gasteiger partial charge in [0.1, 0.15) is 35.9 Å². The van der Waals surface area contributed by atoms with Crippen LogP contribution in [0.3, 0.4) is 0 Å². The SMILES string of the molecule is CCCc1cc2c(cc1C)C(c1ccccc1C(=O)N(C)CCCC(=O)NCCNCc1cccc(CNC(CCCSSCCC(=O)CCC#Cc3cn([C@H]4CC(O)[C@@H](COP(=O)(O)OP(=O)(O)OP(=O)(O)O)O4)c4ncnc(N)c34)C(=O)NC(CC(=O)O)C(=O)CC(CC)C(=O)O)c1)C1C=C(C)C(=NCC)C=C1C2. The van der Waals surface area contributed by atoms with Gasteiger partial charge in [0, 0.05) is 120 Å². The van der Waals surface area contributed by atoms with Gasteiger partial charge in [-0.25, -0.2) is 23.7 Å². The number of carboxylic acids is 2. The molecule has 8 rings (SSSR count). The number of carbonyl (C=O) groups is 7. The lowest BCUT2D eigenvalue weighted by molar-refractivity contribution is -0.144. The third-order valence-corrected chi connectivity index (χ3v) is 25.4. The van der Waals surface area contributed by atoms with Crippen molar-refractivity contribution in [1.29, 1.82) is 0 Å². The smallest absolute Gasteiger partial charge is 0.481 e. The largest absolute Gasteiger partial charge is 0.490 e. The normalized spacial score (nSPS) is 19.1. The molecule has 1 aliphatic heterocycles. The molecule has 3 heterocycles. The van der Waals surface area contributed by atoms with Crippen LogP contribution in [0.25, 0.3) is 11.0 Å². The number of aliphatic hydroxyl groups is 1. The topological polar surface area (TPSA) is 470 Å². The lowest BCUT2D eigenvalue weighted by Crippen LogP contribution is -2.51. The number of nitrogens with zero attached hydrogens (tertiary/aromatic N) is 5. The Hall–Kier alpha value is -7.57. The number of amides is 3. The number of aliphatic hydroxyl groups excluding tert-OH is 1. The van der Waals surface area contributed by atoms with Gasteiger partial charge < -0.3 is 76.1 Å². The van der Waals surface area contributed by atoms with E-state index >= 15 is 0 Å². The van der Waals surface area contributed by atoms with Crippen molar-refractivity contribution in [2.24, 2.45) is 16.8 Å². The summed E-state index contributed by atoms with van der Waals surface area (Å²) in [5.41, 5.74) is 18.7. The van der Waals surface area contributed by atoms with Gasteiger partial charge in [-0.1, -0.05) is 120 Å². The van der Waals surface area contributed by atoms with E-state index in [4.69, 9.17) is 25.2 Å². The van der Waals surface area contributed by atoms with E-state index in [-0.39, 0.29) is 92.4 Å². The number of ketones is 2. The third kappa shape index (κ3) is 26.5. The Balaban J connectivity index is 0.784. The Bertz CT molecular complexity index is 4500. The van der Waals surface area contributed by atoms with Gasteiger partial charge in [-0.05, 0) is 116 Å². The third-order valence-electron chi connectivity index (χ3n) is 19.1. The number of hydrogen-bond donors (Lipinski definition) is 12. The van der Waals surface area contributed by atoms with Crippen LogP contribution in [-0.4, -0.2) is 177 Å². The molecule has 0 spiro atoms. The molecular formula is C75H99N10O21P3S2. The molecule has 0 saturated carbocycles. The lowest BCUT2D eigenvalue weighted by Gasteiger charge is -2.38. The lowest BCUT2D eigenvalue weighted by atomic mass is 9.65. The molecule has 3 aromatic carbocycles. The van der Waals surface area contributed by atoms with Gasteiger partial charge >= 0.3 is 35.4 Å². The highest BCUT2D eigenvalue weighted by molar-refractivity contribution is 8.76. The molecule has 31 nitrogen and oxygen atoms in total. The van der Waals surface area contributed by atoms with Gasteiger partial charge in [-0.3, -0.25) is 43.1 Å². The highest BCUT2D eigenvalue weighted by atomic mass is 33.1. The monoisotopic (exact) mass is 1630 g/mol. The van der Waals surface area contributed by atoms with E-state index in [9.17, 15) is 72.4 Å². The van der Waals surface area contributed by atoms with Crippen LogP contribution in [0, 0.1) is 30.6 Å². The number of carboxylic acid groups (broad SMARTS) is 2. The zero-order valence-corrected chi connectivity index (χ0v) is 67.1. The Kier molecular flexibility index (Phi) is 33.7. The number of aliphatic carboxylic acids is 2. The number of phosphoric acid groups is 3. The number of aliphatic imine (C=N–C) groups is 1. The first-order valence-electron chi connectivity index (χ1n) is 36.7. The number of fused-ring (bicyclic) bond motifs is 3. The fourth-order valence-corrected chi connectivity index (χ4v) is 18.7. The van der Waals surface area contributed by atoms with Gasteiger partial charge in [0.05, 0.1) is 53.8 Å². The van der Waals surface area contributed by atoms with E-state index in [1.54, 1.807) is 18.9 Å². The summed E-state index contributed by atoms with van der Waals surface area (Å²) < 4.78 is 54.5. The Morgan fingerprint density at radius 3 is 2.33 bits per heavy atom. The second-order valence-electron chi connectivity index (χ2n) is 27.4. The number of ether oxygens (including phenoxy) is 1. The number of hydrogen-bond acceptors (Lipinski definition) is 23. The number of nitrogen functional groups attached to an aromatic ring is 1. The Morgan fingerprint density at radius 2 is 1.61 bits per heavy atom. The summed E-state index contributed by atoms with van der Waals surface area (Å²) in [6, 6.07) is 17.9. The number of nitrogens with one attached hydrogen (secondary N) is 4. The van der Waals surface area contributed by atoms with Crippen molar-refractivity contribution in [3.8, 4) is 11.8 Å². The maximum Gasteiger partial charge on any atom is 0.490 e. The quantitative estimate of drug-likeness (QED) is 0.00748. The minimum atomic E-state index is -5.79. The molecule has 1 fully saturated rings. The average molecular weight is 1630 g/mol. The Morgan fingerprint density at radius 1 is 0.865 bits per heavy atom. The molecule has 5 aromatic rings. The van der Waals surface area contributed by atoms with E-state index < -0.39 is 103 Å². The number of benzene rings is 3. The number of nitrogens with two attached hydrogens (primary N) is 1. The molecule has 111 heavy (non-hydrogen) atoms. The molecule has 0 radical (unpaired) electrons. The number of phosphoric ester groups is 1. The Labute approximate surface area is 652 Å². The van der Waals surface area contributed by atoms with Crippen molar-refractivity contribution in [3.05, 3.63) is 147 Å². The summed E-state index contributed by atoms with van der Waals surface area (Å²) in [6.07, 6.45) is 7.15. The molecule has 3 amide bonds. The zero-order chi connectivity index (χ0) is 80.7. The van der Waals surface area contributed by atoms with E-state index in [0.717, 1.165) is 47.2 Å².